The molecular formula is C15H16O4. The summed E-state index contributed by atoms with van der Waals surface area (Å²) in [5, 5.41) is 0. The lowest BCUT2D eigenvalue weighted by atomic mass is 9.94. The van der Waals surface area contributed by atoms with Crippen molar-refractivity contribution in [2.45, 2.75) is 19.8 Å². The highest BCUT2D eigenvalue weighted by atomic mass is 16.5. The fourth-order valence-corrected chi connectivity index (χ4v) is 2.52. The van der Waals surface area contributed by atoms with Gasteiger partial charge in [-0.2, -0.15) is 0 Å². The minimum absolute atomic E-state index is 0.370. The van der Waals surface area contributed by atoms with Gasteiger partial charge in [-0.25, -0.2) is 4.79 Å². The number of esters is 2. The number of aryl methyl sites for hydroxylation is 1. The third kappa shape index (κ3) is 2.03. The number of carbonyl (C=O) groups is 2. The van der Waals surface area contributed by atoms with E-state index in [-0.39, 0.29) is 0 Å². The highest BCUT2D eigenvalue weighted by Crippen LogP contribution is 2.43. The molecule has 0 heterocycles. The largest absolute Gasteiger partial charge is 0.468 e. The van der Waals surface area contributed by atoms with Crippen molar-refractivity contribution in [2.75, 3.05) is 14.2 Å². The molecule has 0 spiro atoms. The van der Waals surface area contributed by atoms with Crippen molar-refractivity contribution in [3.05, 3.63) is 40.5 Å². The Labute approximate surface area is 112 Å². The molecule has 4 nitrogen and oxygen atoms in total. The predicted octanol–water partition coefficient (Wildman–Crippen LogP) is 2.21. The van der Waals surface area contributed by atoms with Gasteiger partial charge in [0.05, 0.1) is 19.8 Å². The van der Waals surface area contributed by atoms with E-state index in [1.807, 2.05) is 32.0 Å². The van der Waals surface area contributed by atoms with E-state index < -0.39 is 17.9 Å². The Kier molecular flexibility index (Phi) is 3.42. The zero-order valence-electron chi connectivity index (χ0n) is 11.4. The Balaban J connectivity index is 2.64. The normalized spacial score (nSPS) is 17.2. The van der Waals surface area contributed by atoms with Crippen LogP contribution in [0.1, 0.15) is 29.5 Å². The number of ether oxygens (including phenoxy) is 2. The van der Waals surface area contributed by atoms with E-state index in [1.165, 1.54) is 14.2 Å². The van der Waals surface area contributed by atoms with E-state index in [1.54, 1.807) is 0 Å². The molecule has 0 amide bonds. The number of hydrogen-bond donors (Lipinski definition) is 0. The first kappa shape index (κ1) is 13.3. The van der Waals surface area contributed by atoms with Gasteiger partial charge in [-0.05, 0) is 30.5 Å². The fraction of sp³-hybridized carbons (Fsp3) is 0.333. The first-order valence-electron chi connectivity index (χ1n) is 5.99. The smallest absolute Gasteiger partial charge is 0.335 e. The van der Waals surface area contributed by atoms with Crippen LogP contribution in [0.2, 0.25) is 0 Å². The third-order valence-electron chi connectivity index (χ3n) is 3.46. The molecule has 1 aliphatic carbocycles. The average molecular weight is 260 g/mol. The van der Waals surface area contributed by atoms with Gasteiger partial charge in [0.1, 0.15) is 5.92 Å². The van der Waals surface area contributed by atoms with E-state index in [2.05, 4.69) is 0 Å². The molecule has 100 valence electrons. The Bertz CT molecular complexity index is 584. The standard InChI is InChI=1S/C15H16O4/c1-8-5-6-10-9(2)12(14(16)18-3)13(11(10)7-8)15(17)19-4/h5-7,13H,1-4H3. The van der Waals surface area contributed by atoms with Crippen LogP contribution in [0, 0.1) is 6.92 Å². The summed E-state index contributed by atoms with van der Waals surface area (Å²) in [4.78, 5) is 23.9. The molecule has 1 unspecified atom stereocenters. The minimum atomic E-state index is -0.688. The monoisotopic (exact) mass is 260 g/mol. The van der Waals surface area contributed by atoms with Crippen LogP contribution < -0.4 is 0 Å². The molecule has 4 heteroatoms. The van der Waals surface area contributed by atoms with Gasteiger partial charge in [0.25, 0.3) is 0 Å². The van der Waals surface area contributed by atoms with E-state index in [9.17, 15) is 9.59 Å². The molecule has 0 N–H and O–H groups in total. The first-order chi connectivity index (χ1) is 9.01. The van der Waals surface area contributed by atoms with Gasteiger partial charge in [-0.15, -0.1) is 0 Å². The summed E-state index contributed by atoms with van der Waals surface area (Å²) in [5.74, 6) is -1.61. The summed E-state index contributed by atoms with van der Waals surface area (Å²) in [7, 11) is 2.63. The lowest BCUT2D eigenvalue weighted by Crippen LogP contribution is -2.20. The molecule has 0 fully saturated rings. The van der Waals surface area contributed by atoms with Crippen LogP contribution in [0.15, 0.2) is 23.8 Å². The number of carbonyl (C=O) groups excluding carboxylic acids is 2. The number of benzene rings is 1. The summed E-state index contributed by atoms with van der Waals surface area (Å²) in [6.45, 7) is 3.77. The molecule has 1 atom stereocenters. The van der Waals surface area contributed by atoms with Crippen molar-refractivity contribution in [3.8, 4) is 0 Å². The Morgan fingerprint density at radius 3 is 2.37 bits per heavy atom. The second-order valence-electron chi connectivity index (χ2n) is 4.58. The van der Waals surface area contributed by atoms with E-state index in [4.69, 9.17) is 9.47 Å². The number of rotatable bonds is 2. The molecule has 1 aliphatic rings. The minimum Gasteiger partial charge on any atom is -0.468 e. The lowest BCUT2D eigenvalue weighted by Gasteiger charge is -2.13. The molecule has 19 heavy (non-hydrogen) atoms. The van der Waals surface area contributed by atoms with Crippen LogP contribution in [-0.2, 0) is 19.1 Å². The summed E-state index contributed by atoms with van der Waals surface area (Å²) in [6, 6.07) is 5.79. The topological polar surface area (TPSA) is 52.6 Å². The summed E-state index contributed by atoms with van der Waals surface area (Å²) >= 11 is 0. The Morgan fingerprint density at radius 2 is 1.79 bits per heavy atom. The molecule has 0 saturated carbocycles. The molecule has 0 bridgehead atoms. The quantitative estimate of drug-likeness (QED) is 0.765. The zero-order chi connectivity index (χ0) is 14.2. The van der Waals surface area contributed by atoms with Gasteiger partial charge in [0, 0.05) is 0 Å². The maximum absolute atomic E-state index is 12.0. The van der Waals surface area contributed by atoms with Crippen molar-refractivity contribution >= 4 is 17.5 Å². The Morgan fingerprint density at radius 1 is 1.11 bits per heavy atom. The van der Waals surface area contributed by atoms with Crippen LogP contribution in [0.3, 0.4) is 0 Å². The molecule has 0 saturated heterocycles. The van der Waals surface area contributed by atoms with Gasteiger partial charge in [-0.1, -0.05) is 23.8 Å². The lowest BCUT2D eigenvalue weighted by molar-refractivity contribution is -0.144. The summed E-state index contributed by atoms with van der Waals surface area (Å²) < 4.78 is 9.61. The highest BCUT2D eigenvalue weighted by molar-refractivity contribution is 6.08. The summed E-state index contributed by atoms with van der Waals surface area (Å²) in [5.41, 5.74) is 3.89. The van der Waals surface area contributed by atoms with Gasteiger partial charge in [0.2, 0.25) is 0 Å². The van der Waals surface area contributed by atoms with Gasteiger partial charge < -0.3 is 9.47 Å². The number of fused-ring (bicyclic) bond motifs is 1. The van der Waals surface area contributed by atoms with Crippen molar-refractivity contribution in [3.63, 3.8) is 0 Å². The van der Waals surface area contributed by atoms with Crippen LogP contribution >= 0.6 is 0 Å². The van der Waals surface area contributed by atoms with Gasteiger partial charge >= 0.3 is 11.9 Å². The SMILES string of the molecule is COC(=O)C1=C(C)c2ccc(C)cc2C1C(=O)OC. The molecule has 2 rings (SSSR count). The first-order valence-corrected chi connectivity index (χ1v) is 5.99. The zero-order valence-corrected chi connectivity index (χ0v) is 11.4. The molecule has 0 aromatic heterocycles. The van der Waals surface area contributed by atoms with E-state index in [0.717, 1.165) is 22.3 Å². The van der Waals surface area contributed by atoms with Crippen molar-refractivity contribution in [1.29, 1.82) is 0 Å². The van der Waals surface area contributed by atoms with Crippen LogP contribution in [0.5, 0.6) is 0 Å². The number of methoxy groups -OCH3 is 2. The fourth-order valence-electron chi connectivity index (χ4n) is 2.52. The van der Waals surface area contributed by atoms with Crippen molar-refractivity contribution in [1.82, 2.24) is 0 Å². The molecule has 0 radical (unpaired) electrons. The second kappa shape index (κ2) is 4.88. The van der Waals surface area contributed by atoms with Crippen LogP contribution in [0.25, 0.3) is 5.57 Å². The number of hydrogen-bond acceptors (Lipinski definition) is 4. The maximum atomic E-state index is 12.0. The molecule has 0 aliphatic heterocycles. The molecular weight excluding hydrogens is 244 g/mol. The maximum Gasteiger partial charge on any atom is 0.335 e. The Hall–Kier alpha value is -2.10. The van der Waals surface area contributed by atoms with Crippen LogP contribution in [0.4, 0.5) is 0 Å². The molecule has 1 aromatic rings. The highest BCUT2D eigenvalue weighted by Gasteiger charge is 2.39. The average Bonchev–Trinajstić information content (AvgIpc) is 2.69. The van der Waals surface area contributed by atoms with E-state index in [0.29, 0.717) is 5.57 Å². The van der Waals surface area contributed by atoms with Crippen molar-refractivity contribution < 1.29 is 19.1 Å². The van der Waals surface area contributed by atoms with Gasteiger partial charge in [-0.3, -0.25) is 4.79 Å². The van der Waals surface area contributed by atoms with Gasteiger partial charge in [0.15, 0.2) is 0 Å². The third-order valence-corrected chi connectivity index (χ3v) is 3.46. The second-order valence-corrected chi connectivity index (χ2v) is 4.58. The molecule has 1 aromatic carbocycles. The predicted molar refractivity (Wildman–Crippen MR) is 70.5 cm³/mol. The van der Waals surface area contributed by atoms with Crippen LogP contribution in [-0.4, -0.2) is 26.2 Å². The number of allylic oxidation sites excluding steroid dienone is 1. The van der Waals surface area contributed by atoms with E-state index >= 15 is 0 Å². The van der Waals surface area contributed by atoms with Crippen molar-refractivity contribution in [2.24, 2.45) is 0 Å². The summed E-state index contributed by atoms with van der Waals surface area (Å²) in [6.07, 6.45) is 0.